The quantitative estimate of drug-likeness (QED) is 0.846. The summed E-state index contributed by atoms with van der Waals surface area (Å²) in [6.45, 7) is 3.97. The molecule has 0 aliphatic carbocycles. The van der Waals surface area contributed by atoms with Gasteiger partial charge in [0.15, 0.2) is 0 Å². The van der Waals surface area contributed by atoms with Crippen LogP contribution in [-0.4, -0.2) is 7.05 Å². The molecule has 0 amide bonds. The maximum Gasteiger partial charge on any atom is 0.128 e. The number of hydrogen-bond acceptors (Lipinski definition) is 2. The molecular weight excluding hydrogens is 239 g/mol. The van der Waals surface area contributed by atoms with Gasteiger partial charge in [0.2, 0.25) is 0 Å². The van der Waals surface area contributed by atoms with Crippen LogP contribution in [0.15, 0.2) is 42.5 Å². The summed E-state index contributed by atoms with van der Waals surface area (Å²) in [5, 5.41) is 0. The van der Waals surface area contributed by atoms with Crippen LogP contribution < -0.4 is 10.6 Å². The van der Waals surface area contributed by atoms with E-state index in [1.807, 2.05) is 56.1 Å². The molecule has 2 aromatic rings. The summed E-state index contributed by atoms with van der Waals surface area (Å²) in [7, 11) is 1.96. The second-order valence-electron chi connectivity index (χ2n) is 4.80. The van der Waals surface area contributed by atoms with Crippen LogP contribution in [0.4, 0.5) is 15.8 Å². The second-order valence-corrected chi connectivity index (χ2v) is 4.80. The van der Waals surface area contributed by atoms with Gasteiger partial charge in [-0.1, -0.05) is 24.3 Å². The van der Waals surface area contributed by atoms with Crippen LogP contribution in [0.3, 0.4) is 0 Å². The fourth-order valence-electron chi connectivity index (χ4n) is 2.25. The van der Waals surface area contributed by atoms with Crippen LogP contribution in [0.25, 0.3) is 0 Å². The van der Waals surface area contributed by atoms with Crippen molar-refractivity contribution in [3.63, 3.8) is 0 Å². The van der Waals surface area contributed by atoms with Crippen molar-refractivity contribution >= 4 is 11.4 Å². The van der Waals surface area contributed by atoms with Crippen molar-refractivity contribution in [2.75, 3.05) is 17.7 Å². The van der Waals surface area contributed by atoms with Gasteiger partial charge in [-0.05, 0) is 37.6 Å². The summed E-state index contributed by atoms with van der Waals surface area (Å²) in [6, 6.07) is 12.6. The molecular formula is C16H19FN2. The Bertz CT molecular complexity index is 581. The summed E-state index contributed by atoms with van der Waals surface area (Å²) in [4.78, 5) is 2.05. The highest BCUT2D eigenvalue weighted by molar-refractivity contribution is 5.64. The molecule has 0 heterocycles. The molecule has 2 aromatic carbocycles. The highest BCUT2D eigenvalue weighted by Crippen LogP contribution is 2.31. The molecule has 100 valence electrons. The largest absolute Gasteiger partial charge is 0.398 e. The van der Waals surface area contributed by atoms with Crippen molar-refractivity contribution in [1.29, 1.82) is 0 Å². The molecule has 0 aliphatic heterocycles. The van der Waals surface area contributed by atoms with Crippen molar-refractivity contribution in [3.8, 4) is 0 Å². The Morgan fingerprint density at radius 3 is 2.47 bits per heavy atom. The Kier molecular flexibility index (Phi) is 3.74. The van der Waals surface area contributed by atoms with Gasteiger partial charge in [0.25, 0.3) is 0 Å². The molecule has 0 spiro atoms. The highest BCUT2D eigenvalue weighted by Gasteiger charge is 2.17. The zero-order valence-electron chi connectivity index (χ0n) is 11.5. The predicted octanol–water partition coefficient (Wildman–Crippen LogP) is 3.91. The van der Waals surface area contributed by atoms with E-state index in [1.165, 1.54) is 6.07 Å². The normalized spacial score (nSPS) is 12.2. The van der Waals surface area contributed by atoms with E-state index in [4.69, 9.17) is 5.73 Å². The Morgan fingerprint density at radius 1 is 1.11 bits per heavy atom. The zero-order valence-corrected chi connectivity index (χ0v) is 11.5. The molecule has 0 saturated carbocycles. The molecule has 2 nitrogen and oxygen atoms in total. The number of hydrogen-bond donors (Lipinski definition) is 1. The molecule has 19 heavy (non-hydrogen) atoms. The van der Waals surface area contributed by atoms with E-state index < -0.39 is 0 Å². The van der Waals surface area contributed by atoms with Gasteiger partial charge in [-0.3, -0.25) is 0 Å². The number of halogens is 1. The summed E-state index contributed by atoms with van der Waals surface area (Å²) >= 11 is 0. The van der Waals surface area contributed by atoms with Crippen molar-refractivity contribution in [1.82, 2.24) is 0 Å². The monoisotopic (exact) mass is 258 g/mol. The molecule has 0 fully saturated rings. The van der Waals surface area contributed by atoms with E-state index in [0.29, 0.717) is 5.56 Å². The fourth-order valence-corrected chi connectivity index (χ4v) is 2.25. The first-order valence-electron chi connectivity index (χ1n) is 6.34. The molecule has 3 heteroatoms. The van der Waals surface area contributed by atoms with Crippen LogP contribution in [-0.2, 0) is 0 Å². The number of rotatable bonds is 3. The lowest BCUT2D eigenvalue weighted by Crippen LogP contribution is -2.23. The van der Waals surface area contributed by atoms with Crippen LogP contribution in [0.2, 0.25) is 0 Å². The molecule has 0 radical (unpaired) electrons. The minimum Gasteiger partial charge on any atom is -0.398 e. The highest BCUT2D eigenvalue weighted by atomic mass is 19.1. The van der Waals surface area contributed by atoms with Crippen molar-refractivity contribution in [3.05, 3.63) is 59.4 Å². The van der Waals surface area contributed by atoms with Gasteiger partial charge in [-0.2, -0.15) is 0 Å². The van der Waals surface area contributed by atoms with Gasteiger partial charge in [0, 0.05) is 24.0 Å². The molecule has 0 aromatic heterocycles. The lowest BCUT2D eigenvalue weighted by molar-refractivity contribution is 0.585. The second kappa shape index (κ2) is 5.31. The average Bonchev–Trinajstić information content (AvgIpc) is 2.41. The Balaban J connectivity index is 2.37. The first-order valence-corrected chi connectivity index (χ1v) is 6.34. The molecule has 0 aliphatic rings. The first-order chi connectivity index (χ1) is 9.02. The van der Waals surface area contributed by atoms with E-state index in [1.54, 1.807) is 6.07 Å². The number of nitrogen functional groups attached to an aromatic ring is 1. The smallest absolute Gasteiger partial charge is 0.128 e. The molecule has 2 N–H and O–H groups in total. The zero-order chi connectivity index (χ0) is 14.0. The topological polar surface area (TPSA) is 29.3 Å². The minimum atomic E-state index is -0.177. The Labute approximate surface area is 113 Å². The summed E-state index contributed by atoms with van der Waals surface area (Å²) in [5.41, 5.74) is 9.41. The lowest BCUT2D eigenvalue weighted by atomic mass is 10.0. The van der Waals surface area contributed by atoms with E-state index in [2.05, 4.69) is 0 Å². The van der Waals surface area contributed by atoms with E-state index in [0.717, 1.165) is 16.9 Å². The van der Waals surface area contributed by atoms with Crippen molar-refractivity contribution in [2.45, 2.75) is 19.9 Å². The van der Waals surface area contributed by atoms with Gasteiger partial charge in [-0.25, -0.2) is 4.39 Å². The van der Waals surface area contributed by atoms with Gasteiger partial charge >= 0.3 is 0 Å². The maximum absolute atomic E-state index is 13.8. The van der Waals surface area contributed by atoms with E-state index in [9.17, 15) is 4.39 Å². The lowest BCUT2D eigenvalue weighted by Gasteiger charge is -2.29. The number of nitrogens with zero attached hydrogens (tertiary/aromatic N) is 1. The van der Waals surface area contributed by atoms with E-state index >= 15 is 0 Å². The van der Waals surface area contributed by atoms with Gasteiger partial charge < -0.3 is 10.6 Å². The predicted molar refractivity (Wildman–Crippen MR) is 78.8 cm³/mol. The maximum atomic E-state index is 13.8. The van der Waals surface area contributed by atoms with E-state index in [-0.39, 0.29) is 11.9 Å². The molecule has 2 rings (SSSR count). The minimum absolute atomic E-state index is 0.0540. The van der Waals surface area contributed by atoms with Crippen molar-refractivity contribution < 1.29 is 4.39 Å². The van der Waals surface area contributed by atoms with Crippen molar-refractivity contribution in [2.24, 2.45) is 0 Å². The molecule has 0 bridgehead atoms. The fraction of sp³-hybridized carbons (Fsp3) is 0.250. The first kappa shape index (κ1) is 13.4. The van der Waals surface area contributed by atoms with Gasteiger partial charge in [0.05, 0.1) is 6.04 Å². The summed E-state index contributed by atoms with van der Waals surface area (Å²) in [5.74, 6) is -0.177. The number of nitrogens with two attached hydrogens (primary N) is 1. The summed E-state index contributed by atoms with van der Waals surface area (Å²) in [6.07, 6.45) is 0. The Morgan fingerprint density at radius 2 is 1.79 bits per heavy atom. The number of benzene rings is 2. The van der Waals surface area contributed by atoms with Crippen LogP contribution in [0.1, 0.15) is 24.1 Å². The summed E-state index contributed by atoms with van der Waals surface area (Å²) < 4.78 is 13.8. The SMILES string of the molecule is Cc1c(N)cccc1N(C)C(C)c1ccccc1F. The third-order valence-corrected chi connectivity index (χ3v) is 3.66. The number of anilines is 2. The van der Waals surface area contributed by atoms with Gasteiger partial charge in [0.1, 0.15) is 5.82 Å². The van der Waals surface area contributed by atoms with Crippen LogP contribution >= 0.6 is 0 Å². The van der Waals surface area contributed by atoms with Gasteiger partial charge in [-0.15, -0.1) is 0 Å². The molecule has 1 atom stereocenters. The Hall–Kier alpha value is -2.03. The average molecular weight is 258 g/mol. The molecule has 1 unspecified atom stereocenters. The molecule has 0 saturated heterocycles. The standard InChI is InChI=1S/C16H19FN2/c1-11-15(18)9-6-10-16(11)19(3)12(2)13-7-4-5-8-14(13)17/h4-10,12H,18H2,1-3H3. The van der Waals surface area contributed by atoms with Crippen LogP contribution in [0, 0.1) is 12.7 Å². The third kappa shape index (κ3) is 2.55. The third-order valence-electron chi connectivity index (χ3n) is 3.66. The van der Waals surface area contributed by atoms with Crippen LogP contribution in [0.5, 0.6) is 0 Å².